The summed E-state index contributed by atoms with van der Waals surface area (Å²) < 4.78 is 9.96. The molecule has 0 N–H and O–H groups in total. The Hall–Kier alpha value is -0.990. The summed E-state index contributed by atoms with van der Waals surface area (Å²) in [5, 5.41) is 0. The quantitative estimate of drug-likeness (QED) is 0.464. The van der Waals surface area contributed by atoms with Gasteiger partial charge in [0.25, 0.3) is 0 Å². The lowest BCUT2D eigenvalue weighted by Crippen LogP contribution is -2.40. The zero-order valence-electron chi connectivity index (χ0n) is 8.37. The van der Waals surface area contributed by atoms with Crippen molar-refractivity contribution in [1.29, 1.82) is 0 Å². The van der Waals surface area contributed by atoms with E-state index in [1.54, 1.807) is 6.08 Å². The van der Waals surface area contributed by atoms with E-state index >= 15 is 0 Å². The van der Waals surface area contributed by atoms with Crippen LogP contribution in [0.4, 0.5) is 4.79 Å². The van der Waals surface area contributed by atoms with Crippen LogP contribution in [0.2, 0.25) is 0 Å². The zero-order valence-corrected chi connectivity index (χ0v) is 8.37. The Kier molecular flexibility index (Phi) is 2.64. The monoisotopic (exact) mass is 184 g/mol. The van der Waals surface area contributed by atoms with E-state index < -0.39 is 6.16 Å². The maximum atomic E-state index is 11.0. The molecule has 0 radical (unpaired) electrons. The SMILES string of the molecule is C=CC1CC(C(C)(C)C)OC(=O)O1. The average molecular weight is 184 g/mol. The fourth-order valence-electron chi connectivity index (χ4n) is 1.25. The van der Waals surface area contributed by atoms with Crippen LogP contribution in [-0.2, 0) is 9.47 Å². The van der Waals surface area contributed by atoms with E-state index in [4.69, 9.17) is 9.47 Å². The van der Waals surface area contributed by atoms with E-state index in [1.807, 2.05) is 20.8 Å². The molecule has 0 aromatic carbocycles. The van der Waals surface area contributed by atoms with Gasteiger partial charge in [-0.15, -0.1) is 0 Å². The minimum atomic E-state index is -0.587. The fraction of sp³-hybridized carbons (Fsp3) is 0.700. The summed E-state index contributed by atoms with van der Waals surface area (Å²) in [4.78, 5) is 11.0. The molecule has 1 aliphatic heterocycles. The molecule has 0 saturated carbocycles. The Morgan fingerprint density at radius 2 is 2.08 bits per heavy atom. The second-order valence-corrected chi connectivity index (χ2v) is 4.35. The molecule has 0 spiro atoms. The van der Waals surface area contributed by atoms with Crippen molar-refractivity contribution in [1.82, 2.24) is 0 Å². The van der Waals surface area contributed by atoms with Gasteiger partial charge in [0, 0.05) is 6.42 Å². The van der Waals surface area contributed by atoms with Gasteiger partial charge < -0.3 is 9.47 Å². The highest BCUT2D eigenvalue weighted by Crippen LogP contribution is 2.30. The molecule has 1 rings (SSSR count). The van der Waals surface area contributed by atoms with Crippen LogP contribution >= 0.6 is 0 Å². The second kappa shape index (κ2) is 3.40. The van der Waals surface area contributed by atoms with Crippen LogP contribution in [0.5, 0.6) is 0 Å². The van der Waals surface area contributed by atoms with Crippen LogP contribution in [0.25, 0.3) is 0 Å². The Bertz CT molecular complexity index is 215. The van der Waals surface area contributed by atoms with Gasteiger partial charge in [-0.2, -0.15) is 0 Å². The standard InChI is InChI=1S/C10H16O3/c1-5-7-6-8(10(2,3)4)13-9(11)12-7/h5,7-8H,1,6H2,2-4H3. The number of carbonyl (C=O) groups is 1. The van der Waals surface area contributed by atoms with E-state index in [-0.39, 0.29) is 17.6 Å². The van der Waals surface area contributed by atoms with Crippen LogP contribution < -0.4 is 0 Å². The van der Waals surface area contributed by atoms with E-state index in [0.717, 1.165) is 0 Å². The van der Waals surface area contributed by atoms with Crippen molar-refractivity contribution in [3.8, 4) is 0 Å². The van der Waals surface area contributed by atoms with Crippen molar-refractivity contribution in [2.45, 2.75) is 39.4 Å². The van der Waals surface area contributed by atoms with Crippen LogP contribution in [0.15, 0.2) is 12.7 Å². The molecule has 13 heavy (non-hydrogen) atoms. The number of ether oxygens (including phenoxy) is 2. The van der Waals surface area contributed by atoms with Crippen LogP contribution in [0.1, 0.15) is 27.2 Å². The first-order valence-electron chi connectivity index (χ1n) is 4.43. The molecule has 0 aromatic heterocycles. The molecule has 0 amide bonds. The topological polar surface area (TPSA) is 35.5 Å². The van der Waals surface area contributed by atoms with E-state index in [2.05, 4.69) is 6.58 Å². The minimum Gasteiger partial charge on any atom is -0.430 e. The summed E-state index contributed by atoms with van der Waals surface area (Å²) in [7, 11) is 0. The van der Waals surface area contributed by atoms with Gasteiger partial charge in [0.1, 0.15) is 12.2 Å². The van der Waals surface area contributed by atoms with Crippen molar-refractivity contribution in [2.24, 2.45) is 5.41 Å². The van der Waals surface area contributed by atoms with E-state index in [0.29, 0.717) is 6.42 Å². The fourth-order valence-corrected chi connectivity index (χ4v) is 1.25. The molecule has 0 aliphatic carbocycles. The smallest absolute Gasteiger partial charge is 0.430 e. The van der Waals surface area contributed by atoms with Crippen molar-refractivity contribution in [3.05, 3.63) is 12.7 Å². The van der Waals surface area contributed by atoms with Crippen molar-refractivity contribution >= 4 is 6.16 Å². The Morgan fingerprint density at radius 1 is 1.46 bits per heavy atom. The van der Waals surface area contributed by atoms with Crippen LogP contribution in [0, 0.1) is 5.41 Å². The Labute approximate surface area is 78.7 Å². The maximum Gasteiger partial charge on any atom is 0.509 e. The molecule has 3 nitrogen and oxygen atoms in total. The van der Waals surface area contributed by atoms with Gasteiger partial charge in [-0.25, -0.2) is 4.79 Å². The minimum absolute atomic E-state index is 0.0410. The van der Waals surface area contributed by atoms with Gasteiger partial charge in [0.2, 0.25) is 0 Å². The van der Waals surface area contributed by atoms with Gasteiger partial charge in [0.15, 0.2) is 0 Å². The molecule has 0 aromatic rings. The highest BCUT2D eigenvalue weighted by molar-refractivity contribution is 5.61. The van der Waals surface area contributed by atoms with Gasteiger partial charge >= 0.3 is 6.16 Å². The lowest BCUT2D eigenvalue weighted by atomic mass is 9.85. The molecule has 1 fully saturated rings. The van der Waals surface area contributed by atoms with Crippen LogP contribution in [-0.4, -0.2) is 18.4 Å². The predicted molar refractivity (Wildman–Crippen MR) is 49.4 cm³/mol. The molecule has 1 saturated heterocycles. The maximum absolute atomic E-state index is 11.0. The summed E-state index contributed by atoms with van der Waals surface area (Å²) in [6, 6.07) is 0. The summed E-state index contributed by atoms with van der Waals surface area (Å²) in [6.45, 7) is 9.72. The van der Waals surface area contributed by atoms with Gasteiger partial charge in [0.05, 0.1) is 0 Å². The lowest BCUT2D eigenvalue weighted by molar-refractivity contribution is -0.0808. The third kappa shape index (κ3) is 2.47. The molecule has 74 valence electrons. The molecular formula is C10H16O3. The number of cyclic esters (lactones) is 2. The largest absolute Gasteiger partial charge is 0.509 e. The Morgan fingerprint density at radius 3 is 2.54 bits per heavy atom. The highest BCUT2D eigenvalue weighted by Gasteiger charge is 2.35. The molecule has 3 heteroatoms. The molecule has 1 heterocycles. The molecular weight excluding hydrogens is 168 g/mol. The highest BCUT2D eigenvalue weighted by atomic mass is 16.7. The first kappa shape index (κ1) is 10.1. The van der Waals surface area contributed by atoms with Gasteiger partial charge in [-0.1, -0.05) is 33.4 Å². The van der Waals surface area contributed by atoms with E-state index in [9.17, 15) is 4.79 Å². The zero-order chi connectivity index (χ0) is 10.1. The first-order valence-corrected chi connectivity index (χ1v) is 4.43. The van der Waals surface area contributed by atoms with Crippen molar-refractivity contribution < 1.29 is 14.3 Å². The summed E-state index contributed by atoms with van der Waals surface area (Å²) in [5.41, 5.74) is -0.0410. The summed E-state index contributed by atoms with van der Waals surface area (Å²) in [5.74, 6) is 0. The summed E-state index contributed by atoms with van der Waals surface area (Å²) >= 11 is 0. The first-order chi connectivity index (χ1) is 5.93. The second-order valence-electron chi connectivity index (χ2n) is 4.35. The van der Waals surface area contributed by atoms with Crippen molar-refractivity contribution in [3.63, 3.8) is 0 Å². The van der Waals surface area contributed by atoms with Gasteiger partial charge in [-0.05, 0) is 5.41 Å². The molecule has 2 atom stereocenters. The molecule has 1 aliphatic rings. The molecule has 2 unspecified atom stereocenters. The van der Waals surface area contributed by atoms with Gasteiger partial charge in [-0.3, -0.25) is 0 Å². The van der Waals surface area contributed by atoms with E-state index in [1.165, 1.54) is 0 Å². The predicted octanol–water partition coefficient (Wildman–Crippen LogP) is 2.51. The average Bonchev–Trinajstić information content (AvgIpc) is 2.01. The number of hydrogen-bond donors (Lipinski definition) is 0. The Balaban J connectivity index is 2.67. The number of carbonyl (C=O) groups excluding carboxylic acids is 1. The van der Waals surface area contributed by atoms with Crippen molar-refractivity contribution in [2.75, 3.05) is 0 Å². The molecule has 0 bridgehead atoms. The number of rotatable bonds is 1. The van der Waals surface area contributed by atoms with Crippen LogP contribution in [0.3, 0.4) is 0 Å². The summed E-state index contributed by atoms with van der Waals surface area (Å²) in [6.07, 6.45) is 1.45. The third-order valence-electron chi connectivity index (χ3n) is 2.16. The number of hydrogen-bond acceptors (Lipinski definition) is 3. The normalized spacial score (nSPS) is 29.0. The lowest BCUT2D eigenvalue weighted by Gasteiger charge is -2.35. The third-order valence-corrected chi connectivity index (χ3v) is 2.16.